The van der Waals surface area contributed by atoms with Crippen LogP contribution in [0.2, 0.25) is 0 Å². The highest BCUT2D eigenvalue weighted by Crippen LogP contribution is 2.23. The lowest BCUT2D eigenvalue weighted by atomic mass is 10.1. The molecule has 0 aliphatic heterocycles. The van der Waals surface area contributed by atoms with Crippen LogP contribution in [0.15, 0.2) is 24.3 Å². The van der Waals surface area contributed by atoms with E-state index in [4.69, 9.17) is 4.74 Å². The van der Waals surface area contributed by atoms with E-state index in [0.717, 1.165) is 11.8 Å². The molecule has 2 rings (SSSR count). The Hall–Kier alpha value is -1.02. The summed E-state index contributed by atoms with van der Waals surface area (Å²) in [6.07, 6.45) is 5.43. The molecule has 1 aliphatic carbocycles. The highest BCUT2D eigenvalue weighted by atomic mass is 16.5. The molecule has 0 bridgehead atoms. The number of rotatable bonds is 4. The third kappa shape index (κ3) is 2.76. The maximum atomic E-state index is 5.16. The zero-order valence-electron chi connectivity index (χ0n) is 10.2. The lowest BCUT2D eigenvalue weighted by molar-refractivity contribution is 0.414. The van der Waals surface area contributed by atoms with E-state index >= 15 is 0 Å². The van der Waals surface area contributed by atoms with E-state index < -0.39 is 0 Å². The SMILES string of the molecule is COc1ccc([C@H](C)NC2CCCC2)cc1. The number of benzene rings is 1. The molecule has 0 spiro atoms. The van der Waals surface area contributed by atoms with Gasteiger partial charge in [0.1, 0.15) is 5.75 Å². The van der Waals surface area contributed by atoms with Crippen molar-refractivity contribution in [2.45, 2.75) is 44.7 Å². The summed E-state index contributed by atoms with van der Waals surface area (Å²) in [4.78, 5) is 0. The van der Waals surface area contributed by atoms with Crippen molar-refractivity contribution in [2.75, 3.05) is 7.11 Å². The summed E-state index contributed by atoms with van der Waals surface area (Å²) >= 11 is 0. The van der Waals surface area contributed by atoms with Crippen LogP contribution in [0.4, 0.5) is 0 Å². The van der Waals surface area contributed by atoms with Gasteiger partial charge in [-0.2, -0.15) is 0 Å². The minimum absolute atomic E-state index is 0.439. The van der Waals surface area contributed by atoms with Crippen molar-refractivity contribution in [2.24, 2.45) is 0 Å². The molecule has 1 aliphatic rings. The Labute approximate surface area is 98.0 Å². The first-order valence-electron chi connectivity index (χ1n) is 6.19. The molecule has 0 amide bonds. The third-order valence-corrected chi connectivity index (χ3v) is 3.46. The predicted octanol–water partition coefficient (Wildman–Crippen LogP) is 3.29. The molecule has 1 fully saturated rings. The standard InChI is InChI=1S/C14H21NO/c1-11(15-13-5-3-4-6-13)12-7-9-14(16-2)10-8-12/h7-11,13,15H,3-6H2,1-2H3/t11-/m0/s1. The first-order valence-corrected chi connectivity index (χ1v) is 6.19. The summed E-state index contributed by atoms with van der Waals surface area (Å²) in [5.41, 5.74) is 1.34. The van der Waals surface area contributed by atoms with Gasteiger partial charge in [0, 0.05) is 12.1 Å². The van der Waals surface area contributed by atoms with Crippen molar-refractivity contribution in [3.63, 3.8) is 0 Å². The average molecular weight is 219 g/mol. The second kappa shape index (κ2) is 5.35. The van der Waals surface area contributed by atoms with Crippen LogP contribution in [-0.2, 0) is 0 Å². The van der Waals surface area contributed by atoms with E-state index in [1.54, 1.807) is 7.11 Å². The van der Waals surface area contributed by atoms with Gasteiger partial charge < -0.3 is 10.1 Å². The van der Waals surface area contributed by atoms with Crippen LogP contribution in [-0.4, -0.2) is 13.2 Å². The molecule has 0 aromatic heterocycles. The Morgan fingerprint density at radius 3 is 2.38 bits per heavy atom. The highest BCUT2D eigenvalue weighted by molar-refractivity contribution is 5.28. The Balaban J connectivity index is 1.94. The summed E-state index contributed by atoms with van der Waals surface area (Å²) in [7, 11) is 1.70. The molecule has 0 heterocycles. The average Bonchev–Trinajstić information content (AvgIpc) is 2.82. The van der Waals surface area contributed by atoms with E-state index in [2.05, 4.69) is 24.4 Å². The molecule has 2 heteroatoms. The van der Waals surface area contributed by atoms with Crippen LogP contribution in [0.1, 0.15) is 44.2 Å². The van der Waals surface area contributed by atoms with E-state index in [-0.39, 0.29) is 0 Å². The fourth-order valence-corrected chi connectivity index (χ4v) is 2.43. The maximum Gasteiger partial charge on any atom is 0.118 e. The van der Waals surface area contributed by atoms with Gasteiger partial charge in [0.15, 0.2) is 0 Å². The Morgan fingerprint density at radius 1 is 1.19 bits per heavy atom. The van der Waals surface area contributed by atoms with Crippen molar-refractivity contribution < 1.29 is 4.74 Å². The van der Waals surface area contributed by atoms with Crippen LogP contribution in [0.3, 0.4) is 0 Å². The monoisotopic (exact) mass is 219 g/mol. The lowest BCUT2D eigenvalue weighted by Gasteiger charge is -2.19. The number of methoxy groups -OCH3 is 1. The summed E-state index contributed by atoms with van der Waals surface area (Å²) < 4.78 is 5.16. The predicted molar refractivity (Wildman–Crippen MR) is 66.8 cm³/mol. The molecule has 88 valence electrons. The van der Waals surface area contributed by atoms with Gasteiger partial charge in [-0.1, -0.05) is 25.0 Å². The van der Waals surface area contributed by atoms with Crippen molar-refractivity contribution >= 4 is 0 Å². The van der Waals surface area contributed by atoms with Crippen molar-refractivity contribution in [3.8, 4) is 5.75 Å². The summed E-state index contributed by atoms with van der Waals surface area (Å²) in [6.45, 7) is 2.24. The molecule has 1 N–H and O–H groups in total. The van der Waals surface area contributed by atoms with Crippen LogP contribution < -0.4 is 10.1 Å². The van der Waals surface area contributed by atoms with Gasteiger partial charge in [0.2, 0.25) is 0 Å². The van der Waals surface area contributed by atoms with E-state index in [1.807, 2.05) is 12.1 Å². The second-order valence-corrected chi connectivity index (χ2v) is 4.64. The fourth-order valence-electron chi connectivity index (χ4n) is 2.43. The molecule has 0 unspecified atom stereocenters. The van der Waals surface area contributed by atoms with Crippen molar-refractivity contribution in [3.05, 3.63) is 29.8 Å². The van der Waals surface area contributed by atoms with Crippen LogP contribution in [0, 0.1) is 0 Å². The first kappa shape index (κ1) is 11.5. The van der Waals surface area contributed by atoms with E-state index in [0.29, 0.717) is 6.04 Å². The molecule has 1 aromatic carbocycles. The molecule has 0 saturated heterocycles. The van der Waals surface area contributed by atoms with Gasteiger partial charge in [-0.3, -0.25) is 0 Å². The van der Waals surface area contributed by atoms with Crippen molar-refractivity contribution in [1.29, 1.82) is 0 Å². The smallest absolute Gasteiger partial charge is 0.118 e. The molecular weight excluding hydrogens is 198 g/mol. The van der Waals surface area contributed by atoms with Gasteiger partial charge in [-0.25, -0.2) is 0 Å². The van der Waals surface area contributed by atoms with Gasteiger partial charge >= 0.3 is 0 Å². The van der Waals surface area contributed by atoms with E-state index in [1.165, 1.54) is 31.2 Å². The van der Waals surface area contributed by atoms with Crippen LogP contribution in [0.5, 0.6) is 5.75 Å². The number of hydrogen-bond acceptors (Lipinski definition) is 2. The molecule has 0 radical (unpaired) electrons. The van der Waals surface area contributed by atoms with E-state index in [9.17, 15) is 0 Å². The number of hydrogen-bond donors (Lipinski definition) is 1. The maximum absolute atomic E-state index is 5.16. The first-order chi connectivity index (χ1) is 7.79. The Kier molecular flexibility index (Phi) is 3.83. The zero-order valence-corrected chi connectivity index (χ0v) is 10.2. The van der Waals surface area contributed by atoms with Gasteiger partial charge in [0.25, 0.3) is 0 Å². The fraction of sp³-hybridized carbons (Fsp3) is 0.571. The minimum Gasteiger partial charge on any atom is -0.497 e. The third-order valence-electron chi connectivity index (χ3n) is 3.46. The molecular formula is C14H21NO. The topological polar surface area (TPSA) is 21.3 Å². The molecule has 16 heavy (non-hydrogen) atoms. The van der Waals surface area contributed by atoms with Crippen molar-refractivity contribution in [1.82, 2.24) is 5.32 Å². The largest absolute Gasteiger partial charge is 0.497 e. The highest BCUT2D eigenvalue weighted by Gasteiger charge is 2.17. The molecule has 2 nitrogen and oxygen atoms in total. The summed E-state index contributed by atoms with van der Waals surface area (Å²) in [5.74, 6) is 0.928. The van der Waals surface area contributed by atoms with Crippen LogP contribution >= 0.6 is 0 Å². The summed E-state index contributed by atoms with van der Waals surface area (Å²) in [5, 5.41) is 3.69. The Morgan fingerprint density at radius 2 is 1.81 bits per heavy atom. The van der Waals surface area contributed by atoms with Gasteiger partial charge in [-0.05, 0) is 37.5 Å². The number of ether oxygens (including phenoxy) is 1. The molecule has 1 aromatic rings. The minimum atomic E-state index is 0.439. The second-order valence-electron chi connectivity index (χ2n) is 4.64. The lowest BCUT2D eigenvalue weighted by Crippen LogP contribution is -2.28. The van der Waals surface area contributed by atoms with Gasteiger partial charge in [0.05, 0.1) is 7.11 Å². The molecule has 1 atom stereocenters. The summed E-state index contributed by atoms with van der Waals surface area (Å²) in [6, 6.07) is 9.51. The van der Waals surface area contributed by atoms with Gasteiger partial charge in [-0.15, -0.1) is 0 Å². The number of nitrogens with one attached hydrogen (secondary N) is 1. The van der Waals surface area contributed by atoms with Crippen LogP contribution in [0.25, 0.3) is 0 Å². The molecule has 1 saturated carbocycles. The zero-order chi connectivity index (χ0) is 11.4. The Bertz CT molecular complexity index is 314. The normalized spacial score (nSPS) is 18.6. The quantitative estimate of drug-likeness (QED) is 0.839.